The normalized spacial score (nSPS) is 11.4. The molecule has 0 bridgehead atoms. The maximum absolute atomic E-state index is 12.1. The number of carbonyl (C=O) groups excluding carboxylic acids is 1. The first-order valence-electron chi connectivity index (χ1n) is 8.06. The number of amides is 1. The molecule has 140 valence electrons. The third-order valence-corrected chi connectivity index (χ3v) is 3.77. The molecule has 1 amide bonds. The molecule has 0 fully saturated rings. The number of imidazole rings is 1. The Kier molecular flexibility index (Phi) is 10.4. The quantitative estimate of drug-likeness (QED) is 0.762. The summed E-state index contributed by atoms with van der Waals surface area (Å²) in [6.07, 6.45) is 3.83. The Balaban J connectivity index is 0.00000288. The van der Waals surface area contributed by atoms with Gasteiger partial charge in [0.2, 0.25) is 5.91 Å². The Morgan fingerprint density at radius 2 is 1.96 bits per heavy atom. The van der Waals surface area contributed by atoms with Crippen molar-refractivity contribution >= 4 is 36.4 Å². The van der Waals surface area contributed by atoms with Crippen LogP contribution in [0, 0.1) is 5.92 Å². The summed E-state index contributed by atoms with van der Waals surface area (Å²) in [7, 11) is 1.85. The van der Waals surface area contributed by atoms with Gasteiger partial charge in [0.25, 0.3) is 0 Å². The van der Waals surface area contributed by atoms with Gasteiger partial charge in [-0.15, -0.1) is 24.8 Å². The molecule has 2 N–H and O–H groups in total. The van der Waals surface area contributed by atoms with Crippen LogP contribution in [0.4, 0.5) is 5.69 Å². The van der Waals surface area contributed by atoms with Gasteiger partial charge in [0.15, 0.2) is 0 Å². The number of nitrogens with one attached hydrogen (secondary N) is 2. The first-order valence-corrected chi connectivity index (χ1v) is 8.06. The molecule has 1 atom stereocenters. The lowest BCUT2D eigenvalue weighted by atomic mass is 10.1. The molecule has 1 aromatic heterocycles. The SMILES string of the molecule is CNCC(C)C(=O)Nc1cccc(Cn2ccnc2C(C)C)c1.Cl.Cl. The van der Waals surface area contributed by atoms with Gasteiger partial charge in [-0.25, -0.2) is 4.98 Å². The number of carbonyl (C=O) groups is 1. The minimum Gasteiger partial charge on any atom is -0.330 e. The molecule has 0 saturated heterocycles. The average Bonchev–Trinajstić information content (AvgIpc) is 2.96. The molecule has 1 heterocycles. The van der Waals surface area contributed by atoms with Crippen LogP contribution in [0.2, 0.25) is 0 Å². The van der Waals surface area contributed by atoms with Crippen LogP contribution in [0.3, 0.4) is 0 Å². The zero-order valence-corrected chi connectivity index (χ0v) is 16.8. The molecule has 5 nitrogen and oxygen atoms in total. The smallest absolute Gasteiger partial charge is 0.228 e. The van der Waals surface area contributed by atoms with E-state index in [2.05, 4.69) is 40.1 Å². The third-order valence-electron chi connectivity index (χ3n) is 3.77. The summed E-state index contributed by atoms with van der Waals surface area (Å²) < 4.78 is 2.15. The van der Waals surface area contributed by atoms with Crippen LogP contribution in [-0.4, -0.2) is 29.1 Å². The molecule has 0 radical (unpaired) electrons. The summed E-state index contributed by atoms with van der Waals surface area (Å²) in [6.45, 7) is 7.61. The van der Waals surface area contributed by atoms with Crippen molar-refractivity contribution in [1.29, 1.82) is 0 Å². The highest BCUT2D eigenvalue weighted by Crippen LogP contribution is 2.17. The fraction of sp³-hybridized carbons (Fsp3) is 0.444. The number of halogens is 2. The van der Waals surface area contributed by atoms with Gasteiger partial charge >= 0.3 is 0 Å². The van der Waals surface area contributed by atoms with Gasteiger partial charge in [-0.05, 0) is 24.7 Å². The standard InChI is InChI=1S/C18H26N4O.2ClH/c1-13(2)17-20-8-9-22(17)12-15-6-5-7-16(10-15)21-18(23)14(3)11-19-4;;/h5-10,13-14,19H,11-12H2,1-4H3,(H,21,23);2*1H. The van der Waals surface area contributed by atoms with Crippen molar-refractivity contribution in [3.63, 3.8) is 0 Å². The van der Waals surface area contributed by atoms with Gasteiger partial charge in [0, 0.05) is 43.0 Å². The molecule has 0 spiro atoms. The van der Waals surface area contributed by atoms with Gasteiger partial charge in [-0.1, -0.05) is 32.9 Å². The van der Waals surface area contributed by atoms with E-state index in [4.69, 9.17) is 0 Å². The second-order valence-electron chi connectivity index (χ2n) is 6.22. The highest BCUT2D eigenvalue weighted by Gasteiger charge is 2.12. The van der Waals surface area contributed by atoms with E-state index in [1.807, 2.05) is 44.6 Å². The Morgan fingerprint density at radius 3 is 2.60 bits per heavy atom. The largest absolute Gasteiger partial charge is 0.330 e. The van der Waals surface area contributed by atoms with E-state index >= 15 is 0 Å². The predicted octanol–water partition coefficient (Wildman–Crippen LogP) is 3.69. The summed E-state index contributed by atoms with van der Waals surface area (Å²) >= 11 is 0. The molecule has 0 aliphatic carbocycles. The summed E-state index contributed by atoms with van der Waals surface area (Å²) in [6, 6.07) is 7.98. The van der Waals surface area contributed by atoms with Gasteiger partial charge in [0.05, 0.1) is 0 Å². The zero-order chi connectivity index (χ0) is 16.8. The summed E-state index contributed by atoms with van der Waals surface area (Å²) in [5.74, 6) is 1.42. The van der Waals surface area contributed by atoms with E-state index in [1.165, 1.54) is 0 Å². The number of hydrogen-bond donors (Lipinski definition) is 2. The van der Waals surface area contributed by atoms with E-state index in [1.54, 1.807) is 0 Å². The van der Waals surface area contributed by atoms with Crippen LogP contribution in [0.5, 0.6) is 0 Å². The number of hydrogen-bond acceptors (Lipinski definition) is 3. The highest BCUT2D eigenvalue weighted by molar-refractivity contribution is 5.92. The average molecular weight is 387 g/mol. The molecule has 1 aromatic carbocycles. The van der Waals surface area contributed by atoms with Crippen LogP contribution in [0.1, 0.15) is 38.1 Å². The number of nitrogens with zero attached hydrogens (tertiary/aromatic N) is 2. The molecule has 0 aliphatic heterocycles. The molecule has 1 unspecified atom stereocenters. The number of anilines is 1. The fourth-order valence-corrected chi connectivity index (χ4v) is 2.56. The summed E-state index contributed by atoms with van der Waals surface area (Å²) in [5.41, 5.74) is 1.98. The van der Waals surface area contributed by atoms with Gasteiger partial charge in [0.1, 0.15) is 5.82 Å². The van der Waals surface area contributed by atoms with Crippen molar-refractivity contribution < 1.29 is 4.79 Å². The molecular weight excluding hydrogens is 359 g/mol. The van der Waals surface area contributed by atoms with E-state index in [0.717, 1.165) is 23.6 Å². The van der Waals surface area contributed by atoms with Crippen molar-refractivity contribution in [2.24, 2.45) is 5.92 Å². The van der Waals surface area contributed by atoms with Crippen LogP contribution in [-0.2, 0) is 11.3 Å². The first-order chi connectivity index (χ1) is 11.0. The lowest BCUT2D eigenvalue weighted by Gasteiger charge is -2.14. The number of benzene rings is 1. The highest BCUT2D eigenvalue weighted by atomic mass is 35.5. The Hall–Kier alpha value is -1.56. The van der Waals surface area contributed by atoms with Crippen LogP contribution < -0.4 is 10.6 Å². The van der Waals surface area contributed by atoms with E-state index in [9.17, 15) is 4.79 Å². The number of aromatic nitrogens is 2. The minimum absolute atomic E-state index is 0. The van der Waals surface area contributed by atoms with Gasteiger partial charge in [-0.3, -0.25) is 4.79 Å². The lowest BCUT2D eigenvalue weighted by molar-refractivity contribution is -0.119. The van der Waals surface area contributed by atoms with Crippen molar-refractivity contribution in [1.82, 2.24) is 14.9 Å². The third kappa shape index (κ3) is 6.69. The lowest BCUT2D eigenvalue weighted by Crippen LogP contribution is -2.28. The Labute approximate surface area is 162 Å². The maximum Gasteiger partial charge on any atom is 0.228 e. The second-order valence-corrected chi connectivity index (χ2v) is 6.22. The van der Waals surface area contributed by atoms with Crippen molar-refractivity contribution in [2.75, 3.05) is 18.9 Å². The predicted molar refractivity (Wildman–Crippen MR) is 108 cm³/mol. The van der Waals surface area contributed by atoms with E-state index in [-0.39, 0.29) is 36.6 Å². The van der Waals surface area contributed by atoms with Crippen LogP contribution in [0.15, 0.2) is 36.7 Å². The monoisotopic (exact) mass is 386 g/mol. The molecule has 25 heavy (non-hydrogen) atoms. The number of rotatable bonds is 7. The van der Waals surface area contributed by atoms with Gasteiger partial charge in [-0.2, -0.15) is 0 Å². The molecule has 2 rings (SSSR count). The maximum atomic E-state index is 12.1. The molecule has 7 heteroatoms. The summed E-state index contributed by atoms with van der Waals surface area (Å²) in [4.78, 5) is 16.5. The molecule has 2 aromatic rings. The van der Waals surface area contributed by atoms with Crippen molar-refractivity contribution in [3.8, 4) is 0 Å². The second kappa shape index (κ2) is 11.1. The van der Waals surface area contributed by atoms with E-state index < -0.39 is 0 Å². The topological polar surface area (TPSA) is 59.0 Å². The zero-order valence-electron chi connectivity index (χ0n) is 15.2. The molecular formula is C18H28Cl2N4O. The van der Waals surface area contributed by atoms with Crippen LogP contribution in [0.25, 0.3) is 0 Å². The Bertz CT molecular complexity index is 658. The molecule has 0 saturated carbocycles. The van der Waals surface area contributed by atoms with Gasteiger partial charge < -0.3 is 15.2 Å². The van der Waals surface area contributed by atoms with Crippen molar-refractivity contribution in [3.05, 3.63) is 48.0 Å². The molecule has 0 aliphatic rings. The fourth-order valence-electron chi connectivity index (χ4n) is 2.56. The Morgan fingerprint density at radius 1 is 1.24 bits per heavy atom. The summed E-state index contributed by atoms with van der Waals surface area (Å²) in [5, 5.41) is 6.00. The first kappa shape index (κ1) is 23.4. The van der Waals surface area contributed by atoms with Crippen molar-refractivity contribution in [2.45, 2.75) is 33.2 Å². The van der Waals surface area contributed by atoms with E-state index in [0.29, 0.717) is 12.5 Å². The minimum atomic E-state index is -0.0650. The van der Waals surface area contributed by atoms with Crippen LogP contribution >= 0.6 is 24.8 Å².